The summed E-state index contributed by atoms with van der Waals surface area (Å²) in [4.78, 5) is 0. The Balaban J connectivity index is 1.98. The molecule has 0 heterocycles. The van der Waals surface area contributed by atoms with Crippen LogP contribution in [0, 0.1) is 0 Å². The van der Waals surface area contributed by atoms with Crippen molar-refractivity contribution in [3.63, 3.8) is 0 Å². The van der Waals surface area contributed by atoms with Gasteiger partial charge in [-0.15, -0.1) is 0 Å². The molecule has 3 rings (SSSR count). The Kier molecular flexibility index (Phi) is 4.97. The number of halogens is 1. The van der Waals surface area contributed by atoms with Gasteiger partial charge in [-0.2, -0.15) is 0 Å². The average Bonchev–Trinajstić information content (AvgIpc) is 2.69. The molecule has 2 heteroatoms. The maximum absolute atomic E-state index is 6.27. The molecule has 1 aliphatic rings. The fourth-order valence-electron chi connectivity index (χ4n) is 3.25. The Hall–Kier alpha value is -1.57. The standard InChI is InChI=1S/C20H22ClN/c1-2-22-13-5-8-19-18-7-4-3-6-15(18)9-10-16-11-12-17(21)14-20(16)19/h3-4,6-7,9-12,14,19,22H,2,5,8,13H2,1H3. The normalized spacial score (nSPS) is 16.0. The average molecular weight is 312 g/mol. The van der Waals surface area contributed by atoms with Gasteiger partial charge < -0.3 is 5.32 Å². The molecule has 0 fully saturated rings. The van der Waals surface area contributed by atoms with Crippen LogP contribution in [0.4, 0.5) is 0 Å². The highest BCUT2D eigenvalue weighted by atomic mass is 35.5. The number of hydrogen-bond acceptors (Lipinski definition) is 1. The highest BCUT2D eigenvalue weighted by molar-refractivity contribution is 6.30. The molecule has 1 unspecified atom stereocenters. The summed E-state index contributed by atoms with van der Waals surface area (Å²) in [6, 6.07) is 15.0. The molecule has 2 aromatic rings. The van der Waals surface area contributed by atoms with E-state index in [9.17, 15) is 0 Å². The zero-order valence-corrected chi connectivity index (χ0v) is 13.7. The lowest BCUT2D eigenvalue weighted by molar-refractivity contribution is 0.605. The van der Waals surface area contributed by atoms with Crippen molar-refractivity contribution in [3.8, 4) is 0 Å². The molecule has 114 valence electrons. The van der Waals surface area contributed by atoms with E-state index in [-0.39, 0.29) is 0 Å². The summed E-state index contributed by atoms with van der Waals surface area (Å²) in [5.41, 5.74) is 5.37. The summed E-state index contributed by atoms with van der Waals surface area (Å²) in [5.74, 6) is 0.415. The van der Waals surface area contributed by atoms with E-state index < -0.39 is 0 Å². The van der Waals surface area contributed by atoms with Gasteiger partial charge in [0.15, 0.2) is 0 Å². The minimum Gasteiger partial charge on any atom is -0.317 e. The van der Waals surface area contributed by atoms with E-state index in [1.807, 2.05) is 6.07 Å². The number of rotatable bonds is 5. The van der Waals surface area contributed by atoms with Gasteiger partial charge in [0.1, 0.15) is 0 Å². The second-order valence-electron chi connectivity index (χ2n) is 5.78. The predicted octanol–water partition coefficient (Wildman–Crippen LogP) is 5.35. The fourth-order valence-corrected chi connectivity index (χ4v) is 3.43. The van der Waals surface area contributed by atoms with Gasteiger partial charge in [0.2, 0.25) is 0 Å². The third-order valence-electron chi connectivity index (χ3n) is 4.33. The second-order valence-corrected chi connectivity index (χ2v) is 6.22. The lowest BCUT2D eigenvalue weighted by atomic mass is 9.84. The van der Waals surface area contributed by atoms with Gasteiger partial charge >= 0.3 is 0 Å². The number of fused-ring (bicyclic) bond motifs is 2. The van der Waals surface area contributed by atoms with Gasteiger partial charge in [0.05, 0.1) is 0 Å². The summed E-state index contributed by atoms with van der Waals surface area (Å²) < 4.78 is 0. The van der Waals surface area contributed by atoms with E-state index in [1.165, 1.54) is 28.7 Å². The van der Waals surface area contributed by atoms with E-state index in [0.29, 0.717) is 5.92 Å². The van der Waals surface area contributed by atoms with Crippen LogP contribution in [0.3, 0.4) is 0 Å². The van der Waals surface area contributed by atoms with Gasteiger partial charge in [0.25, 0.3) is 0 Å². The van der Waals surface area contributed by atoms with Crippen LogP contribution < -0.4 is 5.32 Å². The molecule has 0 amide bonds. The third-order valence-corrected chi connectivity index (χ3v) is 4.57. The van der Waals surface area contributed by atoms with Crippen molar-refractivity contribution >= 4 is 23.8 Å². The fraction of sp³-hybridized carbons (Fsp3) is 0.300. The van der Waals surface area contributed by atoms with Gasteiger partial charge in [-0.05, 0) is 60.3 Å². The van der Waals surface area contributed by atoms with Crippen molar-refractivity contribution in [2.75, 3.05) is 13.1 Å². The van der Waals surface area contributed by atoms with Crippen molar-refractivity contribution in [1.29, 1.82) is 0 Å². The zero-order valence-electron chi connectivity index (χ0n) is 13.0. The van der Waals surface area contributed by atoms with Crippen LogP contribution in [0.15, 0.2) is 42.5 Å². The van der Waals surface area contributed by atoms with Crippen LogP contribution in [0.5, 0.6) is 0 Å². The van der Waals surface area contributed by atoms with Gasteiger partial charge in [-0.1, -0.05) is 61.0 Å². The smallest absolute Gasteiger partial charge is 0.0409 e. The molecule has 2 aromatic carbocycles. The Labute approximate surface area is 138 Å². The van der Waals surface area contributed by atoms with Crippen molar-refractivity contribution in [2.45, 2.75) is 25.7 Å². The molecule has 0 saturated heterocycles. The van der Waals surface area contributed by atoms with Crippen LogP contribution in [0.1, 0.15) is 47.9 Å². The van der Waals surface area contributed by atoms with E-state index in [4.69, 9.17) is 11.6 Å². The quantitative estimate of drug-likeness (QED) is 0.734. The SMILES string of the molecule is CCNCCCC1c2ccccc2C=Cc2ccc(Cl)cc21. The Morgan fingerprint density at radius 3 is 2.59 bits per heavy atom. The molecule has 1 nitrogen and oxygen atoms in total. The molecular weight excluding hydrogens is 290 g/mol. The first kappa shape index (κ1) is 15.3. The van der Waals surface area contributed by atoms with Gasteiger partial charge in [0, 0.05) is 10.9 Å². The summed E-state index contributed by atoms with van der Waals surface area (Å²) >= 11 is 6.27. The summed E-state index contributed by atoms with van der Waals surface area (Å²) in [5, 5.41) is 4.24. The molecule has 0 spiro atoms. The molecule has 0 radical (unpaired) electrons. The second kappa shape index (κ2) is 7.13. The van der Waals surface area contributed by atoms with Gasteiger partial charge in [-0.3, -0.25) is 0 Å². The number of hydrogen-bond donors (Lipinski definition) is 1. The molecule has 0 bridgehead atoms. The topological polar surface area (TPSA) is 12.0 Å². The maximum atomic E-state index is 6.27. The van der Waals surface area contributed by atoms with E-state index in [0.717, 1.165) is 24.5 Å². The minimum atomic E-state index is 0.415. The number of nitrogens with one attached hydrogen (secondary N) is 1. The van der Waals surface area contributed by atoms with Crippen LogP contribution in [-0.2, 0) is 0 Å². The van der Waals surface area contributed by atoms with Crippen LogP contribution in [0.2, 0.25) is 5.02 Å². The van der Waals surface area contributed by atoms with Crippen molar-refractivity contribution in [2.24, 2.45) is 0 Å². The number of benzene rings is 2. The zero-order chi connectivity index (χ0) is 15.4. The molecular formula is C20H22ClN. The summed E-state index contributed by atoms with van der Waals surface area (Å²) in [6.07, 6.45) is 6.75. The molecule has 0 saturated carbocycles. The van der Waals surface area contributed by atoms with E-state index in [2.05, 4.69) is 60.8 Å². The lowest BCUT2D eigenvalue weighted by Gasteiger charge is -2.21. The van der Waals surface area contributed by atoms with Crippen LogP contribution >= 0.6 is 11.6 Å². The summed E-state index contributed by atoms with van der Waals surface area (Å²) in [6.45, 7) is 4.25. The first-order valence-corrected chi connectivity index (χ1v) is 8.44. The van der Waals surface area contributed by atoms with Crippen molar-refractivity contribution in [1.82, 2.24) is 5.32 Å². The first-order chi connectivity index (χ1) is 10.8. The first-order valence-electron chi connectivity index (χ1n) is 8.06. The highest BCUT2D eigenvalue weighted by Crippen LogP contribution is 2.38. The Morgan fingerprint density at radius 2 is 1.77 bits per heavy atom. The molecule has 1 atom stereocenters. The van der Waals surface area contributed by atoms with Crippen molar-refractivity contribution < 1.29 is 0 Å². The molecule has 0 aromatic heterocycles. The van der Waals surface area contributed by atoms with Gasteiger partial charge in [-0.25, -0.2) is 0 Å². The van der Waals surface area contributed by atoms with E-state index >= 15 is 0 Å². The third kappa shape index (κ3) is 3.26. The molecule has 22 heavy (non-hydrogen) atoms. The van der Waals surface area contributed by atoms with E-state index in [1.54, 1.807) is 0 Å². The van der Waals surface area contributed by atoms with Crippen LogP contribution in [0.25, 0.3) is 12.2 Å². The largest absolute Gasteiger partial charge is 0.317 e. The Morgan fingerprint density at radius 1 is 1.00 bits per heavy atom. The van der Waals surface area contributed by atoms with Crippen molar-refractivity contribution in [3.05, 3.63) is 69.7 Å². The monoisotopic (exact) mass is 311 g/mol. The van der Waals surface area contributed by atoms with Crippen LogP contribution in [-0.4, -0.2) is 13.1 Å². The highest BCUT2D eigenvalue weighted by Gasteiger charge is 2.21. The molecule has 0 aliphatic heterocycles. The minimum absolute atomic E-state index is 0.415. The Bertz CT molecular complexity index is 675. The molecule has 1 aliphatic carbocycles. The molecule has 1 N–H and O–H groups in total. The lowest BCUT2D eigenvalue weighted by Crippen LogP contribution is -2.15. The predicted molar refractivity (Wildman–Crippen MR) is 96.4 cm³/mol. The maximum Gasteiger partial charge on any atom is 0.0409 e. The summed E-state index contributed by atoms with van der Waals surface area (Å²) in [7, 11) is 0.